The normalized spacial score (nSPS) is 18.6. The lowest BCUT2D eigenvalue weighted by Gasteiger charge is -2.32. The number of pyridine rings is 1. The number of halogens is 2. The van der Waals surface area contributed by atoms with Crippen LogP contribution in [0.25, 0.3) is 0 Å². The molecule has 2 heterocycles. The Balaban J connectivity index is 0.00000144. The van der Waals surface area contributed by atoms with Gasteiger partial charge in [0.2, 0.25) is 0 Å². The largest absolute Gasteiger partial charge is 0.336 e. The number of aryl methyl sites for hydroxylation is 1. The van der Waals surface area contributed by atoms with Gasteiger partial charge in [0.15, 0.2) is 0 Å². The van der Waals surface area contributed by atoms with Crippen LogP contribution in [0.3, 0.4) is 0 Å². The number of aromatic nitrogens is 1. The van der Waals surface area contributed by atoms with E-state index in [0.29, 0.717) is 6.04 Å². The molecule has 1 fully saturated rings. The first kappa shape index (κ1) is 17.2. The summed E-state index contributed by atoms with van der Waals surface area (Å²) in [6, 6.07) is 4.03. The van der Waals surface area contributed by atoms with Gasteiger partial charge in [-0.1, -0.05) is 0 Å². The lowest BCUT2D eigenvalue weighted by atomic mass is 10.1. The van der Waals surface area contributed by atoms with Crippen LogP contribution in [0.4, 0.5) is 0 Å². The zero-order valence-corrected chi connectivity index (χ0v) is 12.2. The molecule has 0 radical (unpaired) electrons. The third-order valence-electron chi connectivity index (χ3n) is 2.89. The Hall–Kier alpha value is -0.840. The van der Waals surface area contributed by atoms with E-state index in [-0.39, 0.29) is 30.7 Å². The molecule has 4 nitrogen and oxygen atoms in total. The van der Waals surface area contributed by atoms with E-state index in [2.05, 4.69) is 17.2 Å². The highest BCUT2D eigenvalue weighted by atomic mass is 35.5. The second-order valence-electron chi connectivity index (χ2n) is 4.24. The van der Waals surface area contributed by atoms with Crippen molar-refractivity contribution in [3.63, 3.8) is 0 Å². The molecule has 1 amide bonds. The second kappa shape index (κ2) is 7.56. The molecule has 0 spiro atoms. The molecule has 1 saturated heterocycles. The maximum Gasteiger partial charge on any atom is 0.255 e. The monoisotopic (exact) mass is 291 g/mol. The van der Waals surface area contributed by atoms with Gasteiger partial charge in [0.05, 0.1) is 5.56 Å². The van der Waals surface area contributed by atoms with Crippen LogP contribution in [0.15, 0.2) is 18.3 Å². The van der Waals surface area contributed by atoms with E-state index in [0.717, 1.165) is 30.9 Å². The number of piperazine rings is 1. The summed E-state index contributed by atoms with van der Waals surface area (Å²) in [5, 5.41) is 3.32. The van der Waals surface area contributed by atoms with Crippen LogP contribution in [0, 0.1) is 6.92 Å². The van der Waals surface area contributed by atoms with E-state index in [9.17, 15) is 4.79 Å². The molecule has 1 aromatic heterocycles. The molecule has 0 saturated carbocycles. The first-order valence-corrected chi connectivity index (χ1v) is 5.63. The highest BCUT2D eigenvalue weighted by molar-refractivity contribution is 5.95. The van der Waals surface area contributed by atoms with Crippen LogP contribution in [-0.2, 0) is 0 Å². The fourth-order valence-corrected chi connectivity index (χ4v) is 2.00. The number of carbonyl (C=O) groups excluding carboxylic acids is 1. The minimum atomic E-state index is 0. The fraction of sp³-hybridized carbons (Fsp3) is 0.500. The highest BCUT2D eigenvalue weighted by Crippen LogP contribution is 2.10. The van der Waals surface area contributed by atoms with Crippen LogP contribution in [0.2, 0.25) is 0 Å². The fourth-order valence-electron chi connectivity index (χ4n) is 2.00. The van der Waals surface area contributed by atoms with Crippen molar-refractivity contribution in [2.75, 3.05) is 19.6 Å². The minimum Gasteiger partial charge on any atom is -0.336 e. The standard InChI is InChI=1S/C12H17N3O.2ClH/c1-9-8-15(7-6-13-9)12(16)11-4-3-5-14-10(11)2;;/h3-5,9,13H,6-8H2,1-2H3;2*1H/t9-;;/m1../s1. The molecule has 1 aliphatic rings. The lowest BCUT2D eigenvalue weighted by Crippen LogP contribution is -2.51. The summed E-state index contributed by atoms with van der Waals surface area (Å²) in [6.07, 6.45) is 1.71. The Bertz CT molecular complexity index is 401. The predicted molar refractivity (Wildman–Crippen MR) is 76.8 cm³/mol. The maximum absolute atomic E-state index is 12.2. The Morgan fingerprint density at radius 2 is 2.22 bits per heavy atom. The average Bonchev–Trinajstić information content (AvgIpc) is 2.29. The molecule has 18 heavy (non-hydrogen) atoms. The lowest BCUT2D eigenvalue weighted by molar-refractivity contribution is 0.0708. The van der Waals surface area contributed by atoms with E-state index >= 15 is 0 Å². The van der Waals surface area contributed by atoms with Gasteiger partial charge in [-0.05, 0) is 26.0 Å². The molecular weight excluding hydrogens is 273 g/mol. The average molecular weight is 292 g/mol. The van der Waals surface area contributed by atoms with Gasteiger partial charge in [-0.2, -0.15) is 0 Å². The van der Waals surface area contributed by atoms with Gasteiger partial charge in [-0.25, -0.2) is 0 Å². The van der Waals surface area contributed by atoms with Gasteiger partial charge in [-0.3, -0.25) is 9.78 Å². The predicted octanol–water partition coefficient (Wildman–Crippen LogP) is 1.67. The van der Waals surface area contributed by atoms with Gasteiger partial charge in [0.1, 0.15) is 0 Å². The zero-order chi connectivity index (χ0) is 11.5. The van der Waals surface area contributed by atoms with Gasteiger partial charge in [0.25, 0.3) is 5.91 Å². The summed E-state index contributed by atoms with van der Waals surface area (Å²) in [6.45, 7) is 6.38. The third-order valence-corrected chi connectivity index (χ3v) is 2.89. The molecule has 1 N–H and O–H groups in total. The SMILES string of the molecule is Cc1ncccc1C(=O)N1CCN[C@H](C)C1.Cl.Cl. The van der Waals surface area contributed by atoms with Crippen molar-refractivity contribution in [2.45, 2.75) is 19.9 Å². The van der Waals surface area contributed by atoms with Gasteiger partial charge < -0.3 is 10.2 Å². The number of amides is 1. The summed E-state index contributed by atoms with van der Waals surface area (Å²) in [5.41, 5.74) is 1.52. The third kappa shape index (κ3) is 3.83. The maximum atomic E-state index is 12.2. The van der Waals surface area contributed by atoms with Crippen molar-refractivity contribution < 1.29 is 4.79 Å². The molecule has 0 bridgehead atoms. The minimum absolute atomic E-state index is 0. The topological polar surface area (TPSA) is 45.2 Å². The van der Waals surface area contributed by atoms with Crippen LogP contribution in [0.5, 0.6) is 0 Å². The summed E-state index contributed by atoms with van der Waals surface area (Å²) in [7, 11) is 0. The first-order chi connectivity index (χ1) is 7.68. The van der Waals surface area contributed by atoms with E-state index in [1.807, 2.05) is 24.0 Å². The molecule has 1 aliphatic heterocycles. The van der Waals surface area contributed by atoms with Gasteiger partial charge in [0, 0.05) is 37.6 Å². The van der Waals surface area contributed by atoms with Gasteiger partial charge in [-0.15, -0.1) is 24.8 Å². The summed E-state index contributed by atoms with van der Waals surface area (Å²) in [4.78, 5) is 18.3. The Labute approximate surface area is 120 Å². The summed E-state index contributed by atoms with van der Waals surface area (Å²) < 4.78 is 0. The molecule has 6 heteroatoms. The Morgan fingerprint density at radius 1 is 1.50 bits per heavy atom. The number of hydrogen-bond acceptors (Lipinski definition) is 3. The van der Waals surface area contributed by atoms with E-state index in [1.165, 1.54) is 0 Å². The number of rotatable bonds is 1. The number of nitrogens with one attached hydrogen (secondary N) is 1. The van der Waals surface area contributed by atoms with Crippen molar-refractivity contribution in [1.29, 1.82) is 0 Å². The second-order valence-corrected chi connectivity index (χ2v) is 4.24. The van der Waals surface area contributed by atoms with Gasteiger partial charge >= 0.3 is 0 Å². The van der Waals surface area contributed by atoms with Crippen molar-refractivity contribution in [3.8, 4) is 0 Å². The molecule has 102 valence electrons. The van der Waals surface area contributed by atoms with E-state index in [1.54, 1.807) is 6.20 Å². The van der Waals surface area contributed by atoms with Crippen molar-refractivity contribution in [3.05, 3.63) is 29.6 Å². The summed E-state index contributed by atoms with van der Waals surface area (Å²) >= 11 is 0. The number of nitrogens with zero attached hydrogens (tertiary/aromatic N) is 2. The molecular formula is C12H19Cl2N3O. The molecule has 0 aliphatic carbocycles. The molecule has 1 atom stereocenters. The smallest absolute Gasteiger partial charge is 0.255 e. The highest BCUT2D eigenvalue weighted by Gasteiger charge is 2.22. The summed E-state index contributed by atoms with van der Waals surface area (Å²) in [5.74, 6) is 0.0963. The number of hydrogen-bond donors (Lipinski definition) is 1. The van der Waals surface area contributed by atoms with Crippen molar-refractivity contribution in [1.82, 2.24) is 15.2 Å². The quantitative estimate of drug-likeness (QED) is 0.856. The van der Waals surface area contributed by atoms with Crippen LogP contribution in [0.1, 0.15) is 23.0 Å². The first-order valence-electron chi connectivity index (χ1n) is 5.63. The van der Waals surface area contributed by atoms with E-state index < -0.39 is 0 Å². The Kier molecular flexibility index (Phi) is 7.21. The van der Waals surface area contributed by atoms with Crippen molar-refractivity contribution in [2.24, 2.45) is 0 Å². The van der Waals surface area contributed by atoms with Crippen LogP contribution in [-0.4, -0.2) is 41.5 Å². The Morgan fingerprint density at radius 3 is 2.83 bits per heavy atom. The zero-order valence-electron chi connectivity index (χ0n) is 10.5. The molecule has 1 aromatic rings. The molecule has 0 aromatic carbocycles. The number of carbonyl (C=O) groups is 1. The van der Waals surface area contributed by atoms with Crippen LogP contribution < -0.4 is 5.32 Å². The van der Waals surface area contributed by atoms with Crippen LogP contribution >= 0.6 is 24.8 Å². The van der Waals surface area contributed by atoms with Crippen molar-refractivity contribution >= 4 is 30.7 Å². The molecule has 2 rings (SSSR count). The molecule has 0 unspecified atom stereocenters. The van der Waals surface area contributed by atoms with E-state index in [4.69, 9.17) is 0 Å².